The quantitative estimate of drug-likeness (QED) is 0.892. The van der Waals surface area contributed by atoms with E-state index in [9.17, 15) is 4.79 Å². The number of halogens is 1. The number of likely N-dealkylation sites (tertiary alicyclic amines) is 1. The average molecular weight is 267 g/mol. The zero-order chi connectivity index (χ0) is 13.1. The number of nitrogens with zero attached hydrogens (tertiary/aromatic N) is 1. The third-order valence-corrected chi connectivity index (χ3v) is 3.74. The van der Waals surface area contributed by atoms with Crippen LogP contribution in [-0.4, -0.2) is 37.0 Å². The molecule has 1 fully saturated rings. The molecular formula is C14H19ClN2O. The van der Waals surface area contributed by atoms with Crippen LogP contribution in [0.4, 0.5) is 0 Å². The maximum atomic E-state index is 12.1. The summed E-state index contributed by atoms with van der Waals surface area (Å²) in [5.41, 5.74) is 1.64. The lowest BCUT2D eigenvalue weighted by Crippen LogP contribution is -2.43. The predicted octanol–water partition coefficient (Wildman–Crippen LogP) is 2.47. The lowest BCUT2D eigenvalue weighted by molar-refractivity contribution is 0.0917. The Morgan fingerprint density at radius 2 is 2.06 bits per heavy atom. The Labute approximate surface area is 113 Å². The fourth-order valence-corrected chi connectivity index (χ4v) is 2.54. The monoisotopic (exact) mass is 266 g/mol. The molecule has 0 spiro atoms. The van der Waals surface area contributed by atoms with Gasteiger partial charge >= 0.3 is 0 Å². The molecule has 0 bridgehead atoms. The second-order valence-corrected chi connectivity index (χ2v) is 5.44. The van der Waals surface area contributed by atoms with Gasteiger partial charge in [0, 0.05) is 6.04 Å². The standard InChI is InChI=1S/C14H19ClN2O/c1-10-3-4-12(13(15)9-10)14(18)16-11-5-7-17(2)8-6-11/h3-4,9,11H,5-8H2,1-2H3,(H,16,18). The van der Waals surface area contributed by atoms with Gasteiger partial charge in [-0.05, 0) is 57.6 Å². The molecule has 0 aromatic heterocycles. The molecule has 18 heavy (non-hydrogen) atoms. The molecule has 3 nitrogen and oxygen atoms in total. The van der Waals surface area contributed by atoms with Crippen LogP contribution in [0.25, 0.3) is 0 Å². The highest BCUT2D eigenvalue weighted by atomic mass is 35.5. The highest BCUT2D eigenvalue weighted by molar-refractivity contribution is 6.33. The first-order valence-electron chi connectivity index (χ1n) is 6.32. The number of piperidine rings is 1. The van der Waals surface area contributed by atoms with Crippen LogP contribution in [0.2, 0.25) is 5.02 Å². The Bertz CT molecular complexity index is 439. The third kappa shape index (κ3) is 3.24. The number of carbonyl (C=O) groups is 1. The minimum absolute atomic E-state index is 0.0606. The van der Waals surface area contributed by atoms with Crippen LogP contribution >= 0.6 is 11.6 Å². The van der Waals surface area contributed by atoms with Crippen molar-refractivity contribution < 1.29 is 4.79 Å². The summed E-state index contributed by atoms with van der Waals surface area (Å²) in [6, 6.07) is 5.80. The predicted molar refractivity (Wildman–Crippen MR) is 74.2 cm³/mol. The molecule has 0 atom stereocenters. The Morgan fingerprint density at radius 1 is 1.39 bits per heavy atom. The molecule has 98 valence electrons. The van der Waals surface area contributed by atoms with Gasteiger partial charge in [0.15, 0.2) is 0 Å². The second kappa shape index (κ2) is 5.72. The van der Waals surface area contributed by atoms with E-state index in [1.807, 2.05) is 19.1 Å². The summed E-state index contributed by atoms with van der Waals surface area (Å²) < 4.78 is 0. The molecule has 0 radical (unpaired) electrons. The molecule has 2 rings (SSSR count). The largest absolute Gasteiger partial charge is 0.349 e. The van der Waals surface area contributed by atoms with Gasteiger partial charge < -0.3 is 10.2 Å². The van der Waals surface area contributed by atoms with Crippen molar-refractivity contribution in [1.29, 1.82) is 0 Å². The van der Waals surface area contributed by atoms with Crippen molar-refractivity contribution in [2.75, 3.05) is 20.1 Å². The molecule has 1 aromatic carbocycles. The number of rotatable bonds is 2. The third-order valence-electron chi connectivity index (χ3n) is 3.42. The molecule has 1 N–H and O–H groups in total. The Morgan fingerprint density at radius 3 is 2.67 bits per heavy atom. The van der Waals surface area contributed by atoms with Crippen LogP contribution in [0.15, 0.2) is 18.2 Å². The van der Waals surface area contributed by atoms with Crippen molar-refractivity contribution >= 4 is 17.5 Å². The Hall–Kier alpha value is -1.06. The SMILES string of the molecule is Cc1ccc(C(=O)NC2CCN(C)CC2)c(Cl)c1. The number of hydrogen-bond donors (Lipinski definition) is 1. The summed E-state index contributed by atoms with van der Waals surface area (Å²) in [6.45, 7) is 4.03. The molecule has 1 aliphatic heterocycles. The van der Waals surface area contributed by atoms with Gasteiger partial charge in [0.05, 0.1) is 10.6 Å². The van der Waals surface area contributed by atoms with Gasteiger partial charge in [-0.1, -0.05) is 17.7 Å². The van der Waals surface area contributed by atoms with Crippen molar-refractivity contribution in [3.63, 3.8) is 0 Å². The van der Waals surface area contributed by atoms with E-state index >= 15 is 0 Å². The number of benzene rings is 1. The highest BCUT2D eigenvalue weighted by Gasteiger charge is 2.20. The Balaban J connectivity index is 1.99. The first-order valence-corrected chi connectivity index (χ1v) is 6.69. The molecule has 0 aliphatic carbocycles. The number of hydrogen-bond acceptors (Lipinski definition) is 2. The summed E-state index contributed by atoms with van der Waals surface area (Å²) in [5, 5.41) is 3.59. The Kier molecular flexibility index (Phi) is 4.25. The molecule has 1 aromatic rings. The molecule has 0 saturated carbocycles. The molecule has 1 saturated heterocycles. The van der Waals surface area contributed by atoms with E-state index in [0.29, 0.717) is 10.6 Å². The molecule has 1 heterocycles. The molecule has 0 unspecified atom stereocenters. The van der Waals surface area contributed by atoms with Crippen molar-refractivity contribution in [2.45, 2.75) is 25.8 Å². The van der Waals surface area contributed by atoms with Crippen molar-refractivity contribution in [1.82, 2.24) is 10.2 Å². The van der Waals surface area contributed by atoms with Gasteiger partial charge in [0.2, 0.25) is 0 Å². The smallest absolute Gasteiger partial charge is 0.253 e. The minimum Gasteiger partial charge on any atom is -0.349 e. The zero-order valence-corrected chi connectivity index (χ0v) is 11.6. The summed E-state index contributed by atoms with van der Waals surface area (Å²) >= 11 is 6.10. The average Bonchev–Trinajstić information content (AvgIpc) is 2.32. The zero-order valence-electron chi connectivity index (χ0n) is 10.9. The van der Waals surface area contributed by atoms with Crippen LogP contribution in [0.1, 0.15) is 28.8 Å². The van der Waals surface area contributed by atoms with Crippen LogP contribution < -0.4 is 5.32 Å². The summed E-state index contributed by atoms with van der Waals surface area (Å²) in [7, 11) is 2.11. The number of carbonyl (C=O) groups excluding carboxylic acids is 1. The van der Waals surface area contributed by atoms with E-state index in [2.05, 4.69) is 17.3 Å². The molecule has 1 aliphatic rings. The van der Waals surface area contributed by atoms with Gasteiger partial charge in [-0.2, -0.15) is 0 Å². The summed E-state index contributed by atoms with van der Waals surface area (Å²) in [5.74, 6) is -0.0606. The highest BCUT2D eigenvalue weighted by Crippen LogP contribution is 2.18. The van der Waals surface area contributed by atoms with Crippen molar-refractivity contribution in [3.8, 4) is 0 Å². The van der Waals surface area contributed by atoms with Crippen LogP contribution in [0.3, 0.4) is 0 Å². The number of amides is 1. The van der Waals surface area contributed by atoms with E-state index in [1.165, 1.54) is 0 Å². The number of aryl methyl sites for hydroxylation is 1. The minimum atomic E-state index is -0.0606. The first kappa shape index (κ1) is 13.4. The van der Waals surface area contributed by atoms with Crippen LogP contribution in [0, 0.1) is 6.92 Å². The van der Waals surface area contributed by atoms with Gasteiger partial charge in [0.25, 0.3) is 5.91 Å². The van der Waals surface area contributed by atoms with E-state index in [1.54, 1.807) is 6.07 Å². The lowest BCUT2D eigenvalue weighted by Gasteiger charge is -2.29. The van der Waals surface area contributed by atoms with Gasteiger partial charge in [0.1, 0.15) is 0 Å². The van der Waals surface area contributed by atoms with Gasteiger partial charge in [-0.3, -0.25) is 4.79 Å². The topological polar surface area (TPSA) is 32.3 Å². The molecular weight excluding hydrogens is 248 g/mol. The van der Waals surface area contributed by atoms with E-state index in [4.69, 9.17) is 11.6 Å². The van der Waals surface area contributed by atoms with Crippen LogP contribution in [0.5, 0.6) is 0 Å². The number of nitrogens with one attached hydrogen (secondary N) is 1. The molecule has 4 heteroatoms. The van der Waals surface area contributed by atoms with E-state index in [-0.39, 0.29) is 11.9 Å². The van der Waals surface area contributed by atoms with E-state index < -0.39 is 0 Å². The normalized spacial score (nSPS) is 17.7. The molecule has 1 amide bonds. The van der Waals surface area contributed by atoms with Crippen molar-refractivity contribution in [2.24, 2.45) is 0 Å². The van der Waals surface area contributed by atoms with Crippen LogP contribution in [-0.2, 0) is 0 Å². The second-order valence-electron chi connectivity index (χ2n) is 5.03. The first-order chi connectivity index (χ1) is 8.56. The summed E-state index contributed by atoms with van der Waals surface area (Å²) in [6.07, 6.45) is 2.01. The van der Waals surface area contributed by atoms with Crippen molar-refractivity contribution in [3.05, 3.63) is 34.3 Å². The maximum Gasteiger partial charge on any atom is 0.253 e. The fraction of sp³-hybridized carbons (Fsp3) is 0.500. The van der Waals surface area contributed by atoms with Gasteiger partial charge in [-0.15, -0.1) is 0 Å². The van der Waals surface area contributed by atoms with Gasteiger partial charge in [-0.25, -0.2) is 0 Å². The maximum absolute atomic E-state index is 12.1. The summed E-state index contributed by atoms with van der Waals surface area (Å²) in [4.78, 5) is 14.4. The lowest BCUT2D eigenvalue weighted by atomic mass is 10.0. The fourth-order valence-electron chi connectivity index (χ4n) is 2.22. The van der Waals surface area contributed by atoms with E-state index in [0.717, 1.165) is 31.5 Å².